The second-order valence-corrected chi connectivity index (χ2v) is 6.91. The van der Waals surface area contributed by atoms with Crippen LogP contribution in [-0.4, -0.2) is 53.1 Å². The van der Waals surface area contributed by atoms with Crippen molar-refractivity contribution in [2.24, 2.45) is 0 Å². The zero-order valence-corrected chi connectivity index (χ0v) is 15.6. The summed E-state index contributed by atoms with van der Waals surface area (Å²) in [4.78, 5) is 16.6. The number of amides is 1. The summed E-state index contributed by atoms with van der Waals surface area (Å²) in [6, 6.07) is 6.13. The minimum atomic E-state index is -0.286. The molecule has 1 aromatic carbocycles. The number of nitrogens with one attached hydrogen (secondary N) is 1. The molecule has 1 unspecified atom stereocenters. The maximum Gasteiger partial charge on any atom is 0.242 e. The van der Waals surface area contributed by atoms with E-state index in [9.17, 15) is 9.18 Å². The molecule has 0 bridgehead atoms. The van der Waals surface area contributed by atoms with Crippen LogP contribution in [0.25, 0.3) is 0 Å². The Hall–Kier alpha value is -1.96. The lowest BCUT2D eigenvalue weighted by molar-refractivity contribution is -0.121. The molecule has 8 heteroatoms. The third-order valence-corrected chi connectivity index (χ3v) is 5.01. The van der Waals surface area contributed by atoms with E-state index in [2.05, 4.69) is 20.3 Å². The second kappa shape index (κ2) is 8.16. The van der Waals surface area contributed by atoms with Gasteiger partial charge in [0.25, 0.3) is 0 Å². The van der Waals surface area contributed by atoms with Gasteiger partial charge in [-0.15, -0.1) is 0 Å². The largest absolute Gasteiger partial charge is 0.360 e. The first-order valence-corrected chi connectivity index (χ1v) is 8.95. The number of aryl methyl sites for hydroxylation is 1. The van der Waals surface area contributed by atoms with Gasteiger partial charge in [0.05, 0.1) is 6.04 Å². The fourth-order valence-electron chi connectivity index (χ4n) is 3.04. The van der Waals surface area contributed by atoms with Crippen LogP contribution in [0.2, 0.25) is 5.02 Å². The minimum Gasteiger partial charge on any atom is -0.360 e. The summed E-state index contributed by atoms with van der Waals surface area (Å²) in [5.41, 5.74) is 0.523. The Morgan fingerprint density at radius 1 is 1.38 bits per heavy atom. The van der Waals surface area contributed by atoms with E-state index in [1.54, 1.807) is 25.1 Å². The Labute approximate surface area is 156 Å². The van der Waals surface area contributed by atoms with Gasteiger partial charge < -0.3 is 9.84 Å². The van der Waals surface area contributed by atoms with Crippen molar-refractivity contribution in [3.63, 3.8) is 0 Å². The van der Waals surface area contributed by atoms with Crippen molar-refractivity contribution < 1.29 is 13.7 Å². The Kier molecular flexibility index (Phi) is 5.90. The molecule has 2 heterocycles. The van der Waals surface area contributed by atoms with Crippen molar-refractivity contribution in [3.05, 3.63) is 46.4 Å². The number of carbonyl (C=O) groups is 1. The van der Waals surface area contributed by atoms with Crippen molar-refractivity contribution in [2.45, 2.75) is 26.4 Å². The molecule has 0 saturated carbocycles. The molecule has 1 fully saturated rings. The number of rotatable bonds is 5. The van der Waals surface area contributed by atoms with Gasteiger partial charge in [-0.2, -0.15) is 0 Å². The molecule has 0 aliphatic carbocycles. The van der Waals surface area contributed by atoms with Gasteiger partial charge in [-0.1, -0.05) is 22.8 Å². The Bertz CT molecular complexity index is 754. The van der Waals surface area contributed by atoms with Crippen LogP contribution in [0, 0.1) is 12.7 Å². The van der Waals surface area contributed by atoms with E-state index in [-0.39, 0.29) is 17.8 Å². The van der Waals surface area contributed by atoms with E-state index in [1.165, 1.54) is 6.07 Å². The number of benzene rings is 1. The maximum atomic E-state index is 13.9. The van der Waals surface area contributed by atoms with Gasteiger partial charge in [0.2, 0.25) is 5.91 Å². The topological polar surface area (TPSA) is 61.6 Å². The van der Waals surface area contributed by atoms with E-state index >= 15 is 0 Å². The molecule has 1 amide bonds. The zero-order chi connectivity index (χ0) is 18.7. The van der Waals surface area contributed by atoms with Crippen molar-refractivity contribution in [2.75, 3.05) is 31.5 Å². The highest BCUT2D eigenvalue weighted by atomic mass is 35.5. The van der Waals surface area contributed by atoms with Gasteiger partial charge in [0, 0.05) is 49.4 Å². The summed E-state index contributed by atoms with van der Waals surface area (Å²) in [6.45, 7) is 7.03. The Balaban J connectivity index is 1.52. The normalized spacial score (nSPS) is 17.2. The number of hydrogen-bond acceptors (Lipinski definition) is 5. The minimum absolute atomic E-state index is 0.121. The highest BCUT2D eigenvalue weighted by Gasteiger charge is 2.26. The number of aromatic nitrogens is 1. The first-order valence-electron chi connectivity index (χ1n) is 8.57. The van der Waals surface area contributed by atoms with Gasteiger partial charge in [-0.25, -0.2) is 4.39 Å². The summed E-state index contributed by atoms with van der Waals surface area (Å²) >= 11 is 6.10. The lowest BCUT2D eigenvalue weighted by Gasteiger charge is -2.37. The van der Waals surface area contributed by atoms with Gasteiger partial charge in [0.15, 0.2) is 5.82 Å². The van der Waals surface area contributed by atoms with Crippen LogP contribution in [0.1, 0.15) is 18.2 Å². The summed E-state index contributed by atoms with van der Waals surface area (Å²) < 4.78 is 18.9. The van der Waals surface area contributed by atoms with Gasteiger partial charge in [-0.3, -0.25) is 14.6 Å². The summed E-state index contributed by atoms with van der Waals surface area (Å²) in [5, 5.41) is 6.98. The van der Waals surface area contributed by atoms with E-state index < -0.39 is 0 Å². The van der Waals surface area contributed by atoms with Crippen LogP contribution in [0.15, 0.2) is 28.8 Å². The van der Waals surface area contributed by atoms with Crippen molar-refractivity contribution >= 4 is 23.3 Å². The van der Waals surface area contributed by atoms with Crippen molar-refractivity contribution in [3.8, 4) is 0 Å². The van der Waals surface area contributed by atoms with Crippen LogP contribution in [0.5, 0.6) is 0 Å². The third-order valence-electron chi connectivity index (χ3n) is 4.66. The number of halogens is 2. The van der Waals surface area contributed by atoms with Gasteiger partial charge >= 0.3 is 0 Å². The number of anilines is 1. The molecule has 3 rings (SSSR count). The fourth-order valence-corrected chi connectivity index (χ4v) is 3.26. The molecule has 1 N–H and O–H groups in total. The first kappa shape index (κ1) is 18.8. The van der Waals surface area contributed by atoms with Crippen LogP contribution in [0.3, 0.4) is 0 Å². The first-order chi connectivity index (χ1) is 12.4. The predicted octanol–water partition coefficient (Wildman–Crippen LogP) is 2.92. The molecule has 0 spiro atoms. The van der Waals surface area contributed by atoms with Crippen molar-refractivity contribution in [1.82, 2.24) is 15.0 Å². The molecule has 2 aromatic rings. The highest BCUT2D eigenvalue weighted by molar-refractivity contribution is 6.31. The monoisotopic (exact) mass is 380 g/mol. The number of nitrogens with zero attached hydrogens (tertiary/aromatic N) is 3. The summed E-state index contributed by atoms with van der Waals surface area (Å²) in [5.74, 6) is 0.667. The smallest absolute Gasteiger partial charge is 0.242 e. The molecule has 1 aliphatic heterocycles. The molecule has 140 valence electrons. The third kappa shape index (κ3) is 4.41. The molecule has 1 atom stereocenters. The number of hydrogen-bond donors (Lipinski definition) is 1. The van der Waals surface area contributed by atoms with E-state index in [0.717, 1.165) is 26.2 Å². The molecule has 1 aliphatic rings. The SMILES string of the molecule is Cc1cc(NC(=O)C(C)N2CCN(Cc3c(F)cccc3Cl)CC2)no1. The molecule has 0 radical (unpaired) electrons. The number of carbonyl (C=O) groups excluding carboxylic acids is 1. The Morgan fingerprint density at radius 2 is 2.12 bits per heavy atom. The van der Waals surface area contributed by atoms with Crippen LogP contribution in [0.4, 0.5) is 10.2 Å². The van der Waals surface area contributed by atoms with Crippen LogP contribution < -0.4 is 5.32 Å². The average molecular weight is 381 g/mol. The van der Waals surface area contributed by atoms with Crippen LogP contribution >= 0.6 is 11.6 Å². The fraction of sp³-hybridized carbons (Fsp3) is 0.444. The zero-order valence-electron chi connectivity index (χ0n) is 14.8. The standard InChI is InChI=1S/C18H22ClFN4O2/c1-12-10-17(22-26-12)21-18(25)13(2)24-8-6-23(7-9-24)11-14-15(19)4-3-5-16(14)20/h3-5,10,13H,6-9,11H2,1-2H3,(H,21,22,25). The molecular weight excluding hydrogens is 359 g/mol. The van der Waals surface area contributed by atoms with E-state index in [4.69, 9.17) is 16.1 Å². The van der Waals surface area contributed by atoms with Crippen LogP contribution in [-0.2, 0) is 11.3 Å². The highest BCUT2D eigenvalue weighted by Crippen LogP contribution is 2.21. The molecule has 1 aromatic heterocycles. The number of piperazine rings is 1. The average Bonchev–Trinajstić information content (AvgIpc) is 3.03. The molecular formula is C18H22ClFN4O2. The molecule has 26 heavy (non-hydrogen) atoms. The van der Waals surface area contributed by atoms with Crippen molar-refractivity contribution in [1.29, 1.82) is 0 Å². The summed E-state index contributed by atoms with van der Waals surface area (Å²) in [6.07, 6.45) is 0. The lowest BCUT2D eigenvalue weighted by Crippen LogP contribution is -2.52. The quantitative estimate of drug-likeness (QED) is 0.864. The summed E-state index contributed by atoms with van der Waals surface area (Å²) in [7, 11) is 0. The second-order valence-electron chi connectivity index (χ2n) is 6.50. The molecule has 6 nitrogen and oxygen atoms in total. The molecule has 1 saturated heterocycles. The lowest BCUT2D eigenvalue weighted by atomic mass is 10.1. The van der Waals surface area contributed by atoms with E-state index in [0.29, 0.717) is 28.7 Å². The van der Waals surface area contributed by atoms with Gasteiger partial charge in [-0.05, 0) is 26.0 Å². The Morgan fingerprint density at radius 3 is 2.73 bits per heavy atom. The van der Waals surface area contributed by atoms with E-state index in [1.807, 2.05) is 6.92 Å². The predicted molar refractivity (Wildman–Crippen MR) is 97.6 cm³/mol. The van der Waals surface area contributed by atoms with Gasteiger partial charge in [0.1, 0.15) is 11.6 Å². The maximum absolute atomic E-state index is 13.9.